The molecule has 13 heavy (non-hydrogen) atoms. The van der Waals surface area contributed by atoms with E-state index in [1.54, 1.807) is 0 Å². The topological polar surface area (TPSA) is 69.4 Å². The van der Waals surface area contributed by atoms with E-state index >= 15 is 0 Å². The third-order valence-corrected chi connectivity index (χ3v) is 1.32. The fourth-order valence-corrected chi connectivity index (χ4v) is 0.594. The molecule has 0 saturated heterocycles. The standard InChI is InChI=1S/C9H15NO3/c1-7(2)5-6-13-9(12)4-3-8(10)11/h3-4,7H,5-6H2,1-2H3,(H2,10,11). The largest absolute Gasteiger partial charge is 0.463 e. The first-order valence-corrected chi connectivity index (χ1v) is 4.16. The van der Waals surface area contributed by atoms with Crippen molar-refractivity contribution in [1.29, 1.82) is 0 Å². The Hall–Kier alpha value is -1.32. The van der Waals surface area contributed by atoms with E-state index in [2.05, 4.69) is 0 Å². The molecule has 74 valence electrons. The second-order valence-electron chi connectivity index (χ2n) is 3.09. The van der Waals surface area contributed by atoms with Crippen LogP contribution in [0.15, 0.2) is 12.2 Å². The van der Waals surface area contributed by atoms with Gasteiger partial charge in [-0.15, -0.1) is 0 Å². The number of hydrogen-bond donors (Lipinski definition) is 1. The van der Waals surface area contributed by atoms with Crippen LogP contribution in [0, 0.1) is 5.92 Å². The molecule has 0 rings (SSSR count). The summed E-state index contributed by atoms with van der Waals surface area (Å²) in [6.07, 6.45) is 2.83. The molecule has 0 bridgehead atoms. The molecule has 0 aromatic carbocycles. The fraction of sp³-hybridized carbons (Fsp3) is 0.556. The molecule has 0 aliphatic heterocycles. The van der Waals surface area contributed by atoms with Gasteiger partial charge in [-0.3, -0.25) is 4.79 Å². The summed E-state index contributed by atoms with van der Waals surface area (Å²) in [4.78, 5) is 21.0. The second-order valence-corrected chi connectivity index (χ2v) is 3.09. The van der Waals surface area contributed by atoms with Crippen LogP contribution >= 0.6 is 0 Å². The van der Waals surface area contributed by atoms with E-state index in [-0.39, 0.29) is 0 Å². The third kappa shape index (κ3) is 8.59. The molecule has 0 spiro atoms. The van der Waals surface area contributed by atoms with Crippen molar-refractivity contribution in [2.45, 2.75) is 20.3 Å². The first-order chi connectivity index (χ1) is 6.02. The predicted molar refractivity (Wildman–Crippen MR) is 48.7 cm³/mol. The summed E-state index contributed by atoms with van der Waals surface area (Å²) in [5.41, 5.74) is 4.78. The summed E-state index contributed by atoms with van der Waals surface area (Å²) in [5.74, 6) is -0.687. The van der Waals surface area contributed by atoms with Crippen LogP contribution in [0.1, 0.15) is 20.3 Å². The Morgan fingerprint density at radius 2 is 2.00 bits per heavy atom. The molecule has 0 heterocycles. The van der Waals surface area contributed by atoms with Gasteiger partial charge in [-0.1, -0.05) is 13.8 Å². The number of rotatable bonds is 5. The average Bonchev–Trinajstić information content (AvgIpc) is 2.00. The Morgan fingerprint density at radius 3 is 2.46 bits per heavy atom. The van der Waals surface area contributed by atoms with E-state index in [1.807, 2.05) is 13.8 Å². The van der Waals surface area contributed by atoms with Crippen molar-refractivity contribution < 1.29 is 14.3 Å². The normalized spacial score (nSPS) is 10.7. The zero-order valence-electron chi connectivity index (χ0n) is 7.95. The van der Waals surface area contributed by atoms with Gasteiger partial charge in [0.1, 0.15) is 0 Å². The molecule has 0 aliphatic rings. The number of ether oxygens (including phenoxy) is 1. The highest BCUT2D eigenvalue weighted by Gasteiger charge is 1.98. The maximum Gasteiger partial charge on any atom is 0.330 e. The first kappa shape index (κ1) is 11.7. The van der Waals surface area contributed by atoms with Crippen LogP contribution in [0.4, 0.5) is 0 Å². The van der Waals surface area contributed by atoms with E-state index in [4.69, 9.17) is 10.5 Å². The SMILES string of the molecule is CC(C)CCOC(=O)C=CC(N)=O. The number of carbonyl (C=O) groups excluding carboxylic acids is 2. The molecule has 4 nitrogen and oxygen atoms in total. The predicted octanol–water partition coefficient (Wildman–Crippen LogP) is 0.617. The third-order valence-electron chi connectivity index (χ3n) is 1.32. The summed E-state index contributed by atoms with van der Waals surface area (Å²) in [5, 5.41) is 0. The zero-order valence-corrected chi connectivity index (χ0v) is 7.95. The number of primary amides is 1. The number of amides is 1. The van der Waals surface area contributed by atoms with Gasteiger partial charge in [0, 0.05) is 12.2 Å². The summed E-state index contributed by atoms with van der Waals surface area (Å²) in [7, 11) is 0. The average molecular weight is 185 g/mol. The van der Waals surface area contributed by atoms with Crippen LogP contribution in [-0.4, -0.2) is 18.5 Å². The fourth-order valence-electron chi connectivity index (χ4n) is 0.594. The molecule has 2 N–H and O–H groups in total. The molecule has 0 atom stereocenters. The zero-order chi connectivity index (χ0) is 10.3. The Morgan fingerprint density at radius 1 is 1.38 bits per heavy atom. The van der Waals surface area contributed by atoms with Crippen molar-refractivity contribution in [3.63, 3.8) is 0 Å². The van der Waals surface area contributed by atoms with Crippen molar-refractivity contribution in [1.82, 2.24) is 0 Å². The minimum Gasteiger partial charge on any atom is -0.463 e. The van der Waals surface area contributed by atoms with Crippen molar-refractivity contribution in [3.05, 3.63) is 12.2 Å². The van der Waals surface area contributed by atoms with Gasteiger partial charge >= 0.3 is 5.97 Å². The highest BCUT2D eigenvalue weighted by molar-refractivity contribution is 5.93. The van der Waals surface area contributed by atoms with E-state index < -0.39 is 11.9 Å². The van der Waals surface area contributed by atoms with E-state index in [0.717, 1.165) is 18.6 Å². The van der Waals surface area contributed by atoms with Crippen LogP contribution in [-0.2, 0) is 14.3 Å². The monoisotopic (exact) mass is 185 g/mol. The van der Waals surface area contributed by atoms with Gasteiger partial charge in [-0.05, 0) is 12.3 Å². The molecular formula is C9H15NO3. The van der Waals surface area contributed by atoms with Crippen molar-refractivity contribution in [3.8, 4) is 0 Å². The molecule has 0 fully saturated rings. The Labute approximate surface area is 77.7 Å². The number of esters is 1. The van der Waals surface area contributed by atoms with Crippen molar-refractivity contribution >= 4 is 11.9 Å². The Bertz CT molecular complexity index is 209. The minimum atomic E-state index is -0.652. The van der Waals surface area contributed by atoms with E-state index in [0.29, 0.717) is 12.5 Å². The molecule has 0 radical (unpaired) electrons. The number of carbonyl (C=O) groups is 2. The maximum absolute atomic E-state index is 10.8. The Balaban J connectivity index is 3.58. The van der Waals surface area contributed by atoms with E-state index in [9.17, 15) is 9.59 Å². The maximum atomic E-state index is 10.8. The molecule has 0 aromatic rings. The smallest absolute Gasteiger partial charge is 0.330 e. The van der Waals surface area contributed by atoms with Gasteiger partial charge in [0.25, 0.3) is 0 Å². The van der Waals surface area contributed by atoms with E-state index in [1.165, 1.54) is 0 Å². The molecule has 0 aliphatic carbocycles. The second kappa shape index (κ2) is 6.22. The van der Waals surface area contributed by atoms with Crippen LogP contribution in [0.5, 0.6) is 0 Å². The summed E-state index contributed by atoms with van der Waals surface area (Å²) >= 11 is 0. The summed E-state index contributed by atoms with van der Waals surface area (Å²) in [6.45, 7) is 4.44. The lowest BCUT2D eigenvalue weighted by Gasteiger charge is -2.03. The number of hydrogen-bond acceptors (Lipinski definition) is 3. The van der Waals surface area contributed by atoms with Gasteiger partial charge in [0.2, 0.25) is 5.91 Å². The van der Waals surface area contributed by atoms with Crippen LogP contribution in [0.25, 0.3) is 0 Å². The highest BCUT2D eigenvalue weighted by atomic mass is 16.5. The lowest BCUT2D eigenvalue weighted by atomic mass is 10.1. The van der Waals surface area contributed by atoms with Crippen LogP contribution in [0.2, 0.25) is 0 Å². The van der Waals surface area contributed by atoms with Gasteiger partial charge in [0.15, 0.2) is 0 Å². The summed E-state index contributed by atoms with van der Waals surface area (Å²) in [6, 6.07) is 0. The highest BCUT2D eigenvalue weighted by Crippen LogP contribution is 1.98. The van der Waals surface area contributed by atoms with Gasteiger partial charge < -0.3 is 10.5 Å². The van der Waals surface area contributed by atoms with Crippen molar-refractivity contribution in [2.75, 3.05) is 6.61 Å². The molecule has 0 saturated carbocycles. The lowest BCUT2D eigenvalue weighted by Crippen LogP contribution is -2.09. The lowest BCUT2D eigenvalue weighted by molar-refractivity contribution is -0.138. The van der Waals surface area contributed by atoms with Gasteiger partial charge in [0.05, 0.1) is 6.61 Å². The molecular weight excluding hydrogens is 170 g/mol. The minimum absolute atomic E-state index is 0.375. The molecule has 0 aromatic heterocycles. The summed E-state index contributed by atoms with van der Waals surface area (Å²) < 4.78 is 4.77. The Kier molecular flexibility index (Phi) is 5.59. The van der Waals surface area contributed by atoms with Gasteiger partial charge in [-0.2, -0.15) is 0 Å². The molecule has 0 unspecified atom stereocenters. The molecule has 4 heteroatoms. The first-order valence-electron chi connectivity index (χ1n) is 4.16. The quantitative estimate of drug-likeness (QED) is 0.504. The van der Waals surface area contributed by atoms with Gasteiger partial charge in [-0.25, -0.2) is 4.79 Å². The number of nitrogens with two attached hydrogens (primary N) is 1. The molecule has 1 amide bonds. The van der Waals surface area contributed by atoms with Crippen molar-refractivity contribution in [2.24, 2.45) is 11.7 Å². The van der Waals surface area contributed by atoms with Crippen LogP contribution in [0.3, 0.4) is 0 Å². The van der Waals surface area contributed by atoms with Crippen LogP contribution < -0.4 is 5.73 Å².